The van der Waals surface area contributed by atoms with E-state index in [0.29, 0.717) is 13.0 Å². The first-order valence-electron chi connectivity index (χ1n) is 19.5. The van der Waals surface area contributed by atoms with Gasteiger partial charge in [0.2, 0.25) is 11.9 Å². The molecule has 1 atom stereocenters. The highest BCUT2D eigenvalue weighted by Crippen LogP contribution is 2.48. The molecule has 14 nitrogen and oxygen atoms in total. The van der Waals surface area contributed by atoms with Crippen molar-refractivity contribution in [1.29, 1.82) is 0 Å². The van der Waals surface area contributed by atoms with Gasteiger partial charge in [0, 0.05) is 54.7 Å². The van der Waals surface area contributed by atoms with Crippen LogP contribution in [0, 0.1) is 0 Å². The van der Waals surface area contributed by atoms with Gasteiger partial charge in [-0.1, -0.05) is 68.5 Å². The van der Waals surface area contributed by atoms with Crippen LogP contribution in [0.2, 0.25) is 0 Å². The van der Waals surface area contributed by atoms with E-state index in [9.17, 15) is 23.3 Å². The number of hydrogen-bond donors (Lipinski definition) is 5. The number of ether oxygens (including phenoxy) is 2. The molecule has 5 rings (SSSR count). The molecule has 0 radical (unpaired) electrons. The van der Waals surface area contributed by atoms with Crippen molar-refractivity contribution in [1.82, 2.24) is 10.6 Å². The van der Waals surface area contributed by atoms with Crippen molar-refractivity contribution in [2.45, 2.75) is 64.0 Å². The number of carbonyl (C=O) groups is 3. The molecule has 0 saturated carbocycles. The van der Waals surface area contributed by atoms with E-state index in [0.717, 1.165) is 46.9 Å². The van der Waals surface area contributed by atoms with Crippen molar-refractivity contribution in [2.75, 3.05) is 51.0 Å². The maximum Gasteiger partial charge on any atom is 0.524 e. The molecule has 0 fully saturated rings. The Bertz CT molecular complexity index is 2130. The summed E-state index contributed by atoms with van der Waals surface area (Å²) in [5, 5.41) is 14.6. The molecule has 2 heterocycles. The molecule has 3 aromatic rings. The number of rotatable bonds is 20. The number of aliphatic carboxylic acids is 1. The van der Waals surface area contributed by atoms with Gasteiger partial charge in [0.25, 0.3) is 5.91 Å². The van der Waals surface area contributed by atoms with E-state index < -0.39 is 31.3 Å². The fourth-order valence-corrected chi connectivity index (χ4v) is 7.75. The van der Waals surface area contributed by atoms with Crippen LogP contribution in [-0.2, 0) is 34.5 Å². The number of hydrogen-bond acceptors (Lipinski definition) is 7. The second kappa shape index (κ2) is 19.7. The summed E-state index contributed by atoms with van der Waals surface area (Å²) in [5.41, 5.74) is 5.24. The Balaban J connectivity index is 1.11. The van der Waals surface area contributed by atoms with Gasteiger partial charge >= 0.3 is 19.8 Å². The summed E-state index contributed by atoms with van der Waals surface area (Å²) in [6, 6.07) is 20.5. The van der Waals surface area contributed by atoms with E-state index in [1.54, 1.807) is 4.90 Å². The van der Waals surface area contributed by atoms with Gasteiger partial charge in [0.15, 0.2) is 5.71 Å². The summed E-state index contributed by atoms with van der Waals surface area (Å²) in [5.74, 6) is -1.85. The molecule has 5 N–H and O–H groups in total. The van der Waals surface area contributed by atoms with Crippen molar-refractivity contribution in [2.24, 2.45) is 0 Å². The Morgan fingerprint density at radius 3 is 2.14 bits per heavy atom. The van der Waals surface area contributed by atoms with Crippen LogP contribution in [0.1, 0.15) is 69.8 Å². The van der Waals surface area contributed by atoms with Gasteiger partial charge in [-0.3, -0.25) is 24.3 Å². The topological polar surface area (TPSA) is 187 Å². The van der Waals surface area contributed by atoms with E-state index in [2.05, 4.69) is 65.6 Å². The first-order chi connectivity index (χ1) is 28.0. The van der Waals surface area contributed by atoms with Crippen LogP contribution in [0.15, 0.2) is 96.7 Å². The number of para-hydroxylation sites is 2. The number of anilines is 1. The number of benzene rings is 3. The van der Waals surface area contributed by atoms with E-state index >= 15 is 0 Å². The largest absolute Gasteiger partial charge is 0.524 e. The van der Waals surface area contributed by atoms with Crippen molar-refractivity contribution in [3.05, 3.63) is 113 Å². The number of phosphoric ester groups is 1. The van der Waals surface area contributed by atoms with E-state index in [-0.39, 0.29) is 68.7 Å². The fraction of sp³-hybridized carbons (Fsp3) is 0.395. The Kier molecular flexibility index (Phi) is 15.0. The number of halogens is 1. The minimum absolute atomic E-state index is 0.00587. The lowest BCUT2D eigenvalue weighted by Gasteiger charge is -2.25. The molecule has 0 saturated heterocycles. The van der Waals surface area contributed by atoms with Gasteiger partial charge in [-0.2, -0.15) is 4.58 Å². The van der Waals surface area contributed by atoms with Crippen molar-refractivity contribution < 1.29 is 56.8 Å². The lowest BCUT2D eigenvalue weighted by molar-refractivity contribution is -0.438. The summed E-state index contributed by atoms with van der Waals surface area (Å²) >= 11 is 0. The third-order valence-corrected chi connectivity index (χ3v) is 10.7. The van der Waals surface area contributed by atoms with Crippen molar-refractivity contribution >= 4 is 42.8 Å². The lowest BCUT2D eigenvalue weighted by atomic mass is 9.81. The van der Waals surface area contributed by atoms with Crippen LogP contribution in [0.5, 0.6) is 5.75 Å². The van der Waals surface area contributed by atoms with Crippen LogP contribution < -0.4 is 20.1 Å². The quantitative estimate of drug-likeness (QED) is 0.0472. The molecule has 3 aromatic carbocycles. The predicted octanol–water partition coefficient (Wildman–Crippen LogP) is 6.60. The zero-order valence-electron chi connectivity index (χ0n) is 33.7. The smallest absolute Gasteiger partial charge is 0.481 e. The normalized spacial score (nSPS) is 16.6. The zero-order valence-corrected chi connectivity index (χ0v) is 34.6. The maximum absolute atomic E-state index is 14.6. The standard InChI is InChI=1S/C43H52FN4O10P/c1-42(2)32-12-5-7-14-34(32)47(25-10-9-18-38(49)50)36(42)16-11-17-37-43(3,4)33-13-6-8-15-35(33)48(37)41(52)46-24-27-57-29-28-56-26-23-45-40(51)39(44)30-19-21-31(22-20-30)58-59(53,54)55/h5-8,11-17,19-22,39H,9-10,18,23-29H2,1-4H3,(H4-,45,46,49,50,51,52,53,54,55)/p+1. The van der Waals surface area contributed by atoms with Crippen LogP contribution in [0.3, 0.4) is 0 Å². The highest BCUT2D eigenvalue weighted by atomic mass is 31.2. The molecule has 1 unspecified atom stereocenters. The molecular weight excluding hydrogens is 782 g/mol. The highest BCUT2D eigenvalue weighted by Gasteiger charge is 2.45. The van der Waals surface area contributed by atoms with Crippen LogP contribution in [0.4, 0.5) is 20.6 Å². The van der Waals surface area contributed by atoms with Gasteiger partial charge in [-0.25, -0.2) is 13.8 Å². The number of amides is 3. The second-order valence-corrected chi connectivity index (χ2v) is 16.3. The average Bonchev–Trinajstić information content (AvgIpc) is 3.55. The van der Waals surface area contributed by atoms with E-state index in [1.165, 1.54) is 17.7 Å². The number of allylic oxidation sites excluding steroid dienone is 4. The number of fused-ring (bicyclic) bond motifs is 2. The van der Waals surface area contributed by atoms with Crippen LogP contribution >= 0.6 is 7.82 Å². The number of nitrogens with zero attached hydrogens (tertiary/aromatic N) is 2. The summed E-state index contributed by atoms with van der Waals surface area (Å²) in [4.78, 5) is 56.6. The SMILES string of the molecule is CC1(C)C(/C=C/C=C2/N(C(=O)NCCOCCOCCNC(=O)C(F)c3ccc(OP(=O)(O)O)cc3)c3ccccc3C2(C)C)=[N+](CCCCC(=O)O)c2ccccc21. The maximum atomic E-state index is 14.6. The lowest BCUT2D eigenvalue weighted by Crippen LogP contribution is -2.41. The molecule has 0 bridgehead atoms. The predicted molar refractivity (Wildman–Crippen MR) is 221 cm³/mol. The first-order valence-corrected chi connectivity index (χ1v) is 21.0. The Hall–Kier alpha value is -5.18. The number of carboxylic acids is 1. The number of unbranched alkanes of at least 4 members (excludes halogenated alkanes) is 1. The first kappa shape index (κ1) is 44.9. The van der Waals surface area contributed by atoms with Crippen LogP contribution in [0.25, 0.3) is 0 Å². The zero-order chi connectivity index (χ0) is 42.8. The van der Waals surface area contributed by atoms with E-state index in [1.807, 2.05) is 48.6 Å². The summed E-state index contributed by atoms with van der Waals surface area (Å²) < 4.78 is 43.3. The molecular formula is C43H53FN4O10P+. The van der Waals surface area contributed by atoms with Crippen molar-refractivity contribution in [3.63, 3.8) is 0 Å². The van der Waals surface area contributed by atoms with Crippen molar-refractivity contribution in [3.8, 4) is 5.75 Å². The van der Waals surface area contributed by atoms with Gasteiger partial charge in [0.05, 0.1) is 37.5 Å². The monoisotopic (exact) mass is 835 g/mol. The summed E-state index contributed by atoms with van der Waals surface area (Å²) in [6.07, 6.45) is 5.53. The third-order valence-electron chi connectivity index (χ3n) is 10.3. The molecule has 0 spiro atoms. The molecule has 0 aliphatic carbocycles. The van der Waals surface area contributed by atoms with Crippen LogP contribution in [-0.4, -0.2) is 89.1 Å². The van der Waals surface area contributed by atoms with Gasteiger partial charge in [0.1, 0.15) is 12.3 Å². The minimum Gasteiger partial charge on any atom is -0.481 e. The second-order valence-electron chi connectivity index (χ2n) is 15.2. The number of nitrogens with one attached hydrogen (secondary N) is 2. The minimum atomic E-state index is -4.75. The summed E-state index contributed by atoms with van der Waals surface area (Å²) in [6.45, 7) is 10.3. The number of urea groups is 1. The molecule has 2 aliphatic heterocycles. The molecule has 316 valence electrons. The summed E-state index contributed by atoms with van der Waals surface area (Å²) in [7, 11) is -4.75. The number of alkyl halides is 1. The molecule has 3 amide bonds. The van der Waals surface area contributed by atoms with Gasteiger partial charge in [-0.05, 0) is 55.7 Å². The van der Waals surface area contributed by atoms with Gasteiger partial charge in [-0.15, -0.1) is 0 Å². The average molecular weight is 836 g/mol. The number of carboxylic acid groups (broad SMARTS) is 1. The number of carbonyl (C=O) groups excluding carboxylic acids is 2. The Labute approximate surface area is 343 Å². The Morgan fingerprint density at radius 1 is 0.847 bits per heavy atom. The molecule has 16 heteroatoms. The van der Waals surface area contributed by atoms with E-state index in [4.69, 9.17) is 24.4 Å². The molecule has 59 heavy (non-hydrogen) atoms. The van der Waals surface area contributed by atoms with Gasteiger partial charge < -0.3 is 29.7 Å². The third kappa shape index (κ3) is 11.3. The fourth-order valence-electron chi connectivity index (χ4n) is 7.36. The molecule has 0 aromatic heterocycles. The number of phosphoric acid groups is 1. The highest BCUT2D eigenvalue weighted by molar-refractivity contribution is 7.46. The Morgan fingerprint density at radius 2 is 1.47 bits per heavy atom. The molecule has 2 aliphatic rings.